The van der Waals surface area contributed by atoms with E-state index in [2.05, 4.69) is 43.6 Å². The minimum Gasteiger partial charge on any atom is -0.384 e. The Balaban J connectivity index is 1.70. The van der Waals surface area contributed by atoms with E-state index in [1.54, 1.807) is 12.1 Å². The summed E-state index contributed by atoms with van der Waals surface area (Å²) in [6.45, 7) is 8.89. The van der Waals surface area contributed by atoms with Crippen molar-refractivity contribution in [2.75, 3.05) is 6.54 Å². The first kappa shape index (κ1) is 33.0. The molecule has 0 saturated heterocycles. The highest BCUT2D eigenvalue weighted by Crippen LogP contribution is 2.50. The topological polar surface area (TPSA) is 138 Å². The van der Waals surface area contributed by atoms with Gasteiger partial charge in [-0.15, -0.1) is 0 Å². The molecule has 2 aliphatic rings. The lowest BCUT2D eigenvalue weighted by Crippen LogP contribution is -2.51. The molecule has 11 heteroatoms. The van der Waals surface area contributed by atoms with E-state index in [1.807, 2.05) is 17.0 Å². The van der Waals surface area contributed by atoms with Crippen LogP contribution >= 0.6 is 0 Å². The predicted octanol–water partition coefficient (Wildman–Crippen LogP) is 5.32. The smallest absolute Gasteiger partial charge is 0.275 e. The van der Waals surface area contributed by atoms with Gasteiger partial charge in [0.25, 0.3) is 11.8 Å². The maximum absolute atomic E-state index is 14.3. The number of hydrogen-bond donors (Lipinski definition) is 4. The van der Waals surface area contributed by atoms with Crippen LogP contribution in [0.4, 0.5) is 8.78 Å². The quantitative estimate of drug-likeness (QED) is 0.112. The second-order valence-electron chi connectivity index (χ2n) is 12.6. The molecule has 238 valence electrons. The predicted molar refractivity (Wildman–Crippen MR) is 168 cm³/mol. The summed E-state index contributed by atoms with van der Waals surface area (Å²) in [7, 11) is 0. The van der Waals surface area contributed by atoms with Crippen LogP contribution in [0.25, 0.3) is 0 Å². The fraction of sp³-hybridized carbons (Fsp3) is 0.515. The lowest BCUT2D eigenvalue weighted by molar-refractivity contribution is -0.133. The molecule has 1 heterocycles. The number of carbonyl (C=O) groups excluding carboxylic acids is 2. The first-order chi connectivity index (χ1) is 20.9. The number of hydrogen-bond acceptors (Lipinski definition) is 6. The number of nitrogens with two attached hydrogens (primary N) is 2. The normalized spacial score (nSPS) is 21.4. The Bertz CT molecular complexity index is 1380. The first-order valence-electron chi connectivity index (χ1n) is 15.5. The van der Waals surface area contributed by atoms with Crippen LogP contribution in [0.5, 0.6) is 0 Å². The molecule has 44 heavy (non-hydrogen) atoms. The zero-order valence-corrected chi connectivity index (χ0v) is 26.1. The summed E-state index contributed by atoms with van der Waals surface area (Å²) in [5, 5.41) is 6.32. The summed E-state index contributed by atoms with van der Waals surface area (Å²) in [5.41, 5.74) is 8.65. The van der Waals surface area contributed by atoms with Crippen molar-refractivity contribution in [3.8, 4) is 0 Å². The van der Waals surface area contributed by atoms with Crippen molar-refractivity contribution in [3.05, 3.63) is 70.8 Å². The zero-order chi connectivity index (χ0) is 32.1. The number of benzene rings is 2. The average molecular weight is 610 g/mol. The van der Waals surface area contributed by atoms with Gasteiger partial charge in [0.05, 0.1) is 12.6 Å². The molecule has 1 saturated carbocycles. The lowest BCUT2D eigenvalue weighted by atomic mass is 9.67. The molecule has 1 spiro atoms. The number of hydrazine groups is 1. The molecule has 4 rings (SSSR count). The molecule has 1 aliphatic carbocycles. The zero-order valence-electron chi connectivity index (χ0n) is 26.1. The Labute approximate surface area is 258 Å². The summed E-state index contributed by atoms with van der Waals surface area (Å²) in [5.74, 6) is 3.58. The van der Waals surface area contributed by atoms with Crippen molar-refractivity contribution in [3.63, 3.8) is 0 Å². The summed E-state index contributed by atoms with van der Waals surface area (Å²) >= 11 is 0. The van der Waals surface area contributed by atoms with Gasteiger partial charge < -0.3 is 16.0 Å². The molecule has 2 amide bonds. The third-order valence-electron chi connectivity index (χ3n) is 9.47. The van der Waals surface area contributed by atoms with Gasteiger partial charge >= 0.3 is 0 Å². The van der Waals surface area contributed by atoms with E-state index in [1.165, 1.54) is 12.1 Å². The second-order valence-corrected chi connectivity index (χ2v) is 12.6. The second kappa shape index (κ2) is 13.8. The average Bonchev–Trinajstić information content (AvgIpc) is 3.27. The van der Waals surface area contributed by atoms with Gasteiger partial charge in [-0.05, 0) is 73.3 Å². The maximum Gasteiger partial charge on any atom is 0.275 e. The van der Waals surface area contributed by atoms with E-state index in [0.29, 0.717) is 30.7 Å². The number of amides is 2. The Kier molecular flexibility index (Phi) is 10.4. The van der Waals surface area contributed by atoms with E-state index >= 15 is 0 Å². The molecule has 1 fully saturated rings. The Morgan fingerprint density at radius 1 is 1.14 bits per heavy atom. The minimum absolute atomic E-state index is 0.0192. The highest BCUT2D eigenvalue weighted by Gasteiger charge is 2.52. The molecule has 1 aliphatic heterocycles. The third kappa shape index (κ3) is 7.09. The minimum atomic E-state index is -0.822. The number of amidine groups is 1. The number of carbonyl (C=O) groups is 2. The van der Waals surface area contributed by atoms with Crippen LogP contribution in [0.2, 0.25) is 0 Å². The van der Waals surface area contributed by atoms with Gasteiger partial charge in [0.2, 0.25) is 0 Å². The summed E-state index contributed by atoms with van der Waals surface area (Å²) in [4.78, 5) is 34.0. The monoisotopic (exact) mass is 609 g/mol. The van der Waals surface area contributed by atoms with Crippen molar-refractivity contribution in [2.24, 2.45) is 33.0 Å². The van der Waals surface area contributed by atoms with Gasteiger partial charge in [-0.3, -0.25) is 14.6 Å². The highest BCUT2D eigenvalue weighted by atomic mass is 19.1. The molecular formula is C33H45F2N7O2. The van der Waals surface area contributed by atoms with Gasteiger partial charge in [0.15, 0.2) is 0 Å². The Morgan fingerprint density at radius 3 is 2.34 bits per heavy atom. The van der Waals surface area contributed by atoms with Gasteiger partial charge in [-0.25, -0.2) is 20.2 Å². The number of halogens is 2. The molecule has 0 bridgehead atoms. The lowest BCUT2D eigenvalue weighted by Gasteiger charge is -2.48. The molecule has 2 aromatic carbocycles. The van der Waals surface area contributed by atoms with E-state index < -0.39 is 17.3 Å². The van der Waals surface area contributed by atoms with Crippen molar-refractivity contribution < 1.29 is 18.4 Å². The molecule has 0 aromatic heterocycles. The van der Waals surface area contributed by atoms with Gasteiger partial charge in [-0.2, -0.15) is 5.10 Å². The number of rotatable bonds is 12. The Hall–Kier alpha value is -3.86. The first-order valence-corrected chi connectivity index (χ1v) is 15.5. The van der Waals surface area contributed by atoms with Gasteiger partial charge in [0.1, 0.15) is 28.8 Å². The molecule has 1 atom stereocenters. The van der Waals surface area contributed by atoms with Crippen molar-refractivity contribution in [2.45, 2.75) is 90.8 Å². The van der Waals surface area contributed by atoms with Crippen LogP contribution in [-0.2, 0) is 4.79 Å². The number of nitrogens with one attached hydrogen (secondary N) is 2. The maximum atomic E-state index is 14.3. The van der Waals surface area contributed by atoms with Gasteiger partial charge in [-0.1, -0.05) is 59.1 Å². The van der Waals surface area contributed by atoms with Crippen LogP contribution in [0.3, 0.4) is 0 Å². The van der Waals surface area contributed by atoms with Crippen molar-refractivity contribution in [1.82, 2.24) is 15.8 Å². The molecule has 0 radical (unpaired) electrons. The van der Waals surface area contributed by atoms with E-state index in [4.69, 9.17) is 16.6 Å². The summed E-state index contributed by atoms with van der Waals surface area (Å²) < 4.78 is 28.6. The van der Waals surface area contributed by atoms with Crippen LogP contribution < -0.4 is 22.4 Å². The number of unbranched alkanes of at least 4 members (excludes halogenated alkanes) is 1. The molecule has 2 aromatic rings. The van der Waals surface area contributed by atoms with E-state index in [9.17, 15) is 18.4 Å². The Morgan fingerprint density at radius 2 is 1.77 bits per heavy atom. The number of hydrazone groups is 1. The molecule has 9 nitrogen and oxygen atoms in total. The fourth-order valence-electron chi connectivity index (χ4n) is 6.52. The number of nitrogens with zero attached hydrogens (tertiary/aromatic N) is 3. The van der Waals surface area contributed by atoms with Crippen LogP contribution in [0, 0.1) is 23.0 Å². The molecular weight excluding hydrogens is 564 g/mol. The summed E-state index contributed by atoms with van der Waals surface area (Å²) in [6.07, 6.45) is 6.62. The van der Waals surface area contributed by atoms with E-state index in [-0.39, 0.29) is 46.9 Å². The molecule has 6 N–H and O–H groups in total. The summed E-state index contributed by atoms with van der Waals surface area (Å²) in [6, 6.07) is 9.98. The largest absolute Gasteiger partial charge is 0.384 e. The van der Waals surface area contributed by atoms with Crippen LogP contribution in [0.15, 0.2) is 52.6 Å². The standard InChI is InChI=1S/C33H45F2N7O2/c1-5-7-8-27(21-9-11-22(12-10-21)30(43)38-20-28(36)40-41-37)42-31(44)29(23-17-25(34)19-26(35)18-23)39-33(42)15-13-24(14-16-33)32(3,4)6-2/h9-12,17-19,24,27,41H,5-8,13-16,20,37H2,1-4H3,(H2,36,40)(H,38,43)/t24?,27-,33?/m1/s1. The van der Waals surface area contributed by atoms with Crippen molar-refractivity contribution >= 4 is 23.4 Å². The van der Waals surface area contributed by atoms with E-state index in [0.717, 1.165) is 43.7 Å². The number of aliphatic imine (C=N–C) groups is 1. The fourth-order valence-corrected chi connectivity index (χ4v) is 6.52. The third-order valence-corrected chi connectivity index (χ3v) is 9.47. The highest BCUT2D eigenvalue weighted by molar-refractivity contribution is 6.46. The van der Waals surface area contributed by atoms with Crippen molar-refractivity contribution in [1.29, 1.82) is 0 Å². The van der Waals surface area contributed by atoms with Crippen LogP contribution in [-0.4, -0.2) is 40.5 Å². The SMILES string of the molecule is CCCC[C@H](c1ccc(C(=O)NC/C(N)=N/NN)cc1)N1C(=O)C(c2cc(F)cc(F)c2)=NC12CCC(C(C)(C)CC)CC2. The molecule has 0 unspecified atom stereocenters. The van der Waals surface area contributed by atoms with Crippen LogP contribution in [0.1, 0.15) is 107 Å². The van der Waals surface area contributed by atoms with Gasteiger partial charge in [0, 0.05) is 17.2 Å².